The van der Waals surface area contributed by atoms with Gasteiger partial charge < -0.3 is 25.8 Å². The van der Waals surface area contributed by atoms with Crippen LogP contribution in [0.25, 0.3) is 11.0 Å². The van der Waals surface area contributed by atoms with Crippen LogP contribution in [0.1, 0.15) is 69.0 Å². The number of piperidine rings is 1. The lowest BCUT2D eigenvalue weighted by Crippen LogP contribution is -2.43. The van der Waals surface area contributed by atoms with E-state index in [1.165, 1.54) is 5.69 Å². The number of hydrogen-bond acceptors (Lipinski definition) is 9. The van der Waals surface area contributed by atoms with E-state index in [1.807, 2.05) is 10.9 Å². The molecule has 2 fully saturated rings. The molecule has 5 heterocycles. The van der Waals surface area contributed by atoms with E-state index in [0.29, 0.717) is 36.3 Å². The lowest BCUT2D eigenvalue weighted by atomic mass is 9.91. The van der Waals surface area contributed by atoms with Crippen molar-refractivity contribution < 1.29 is 9.84 Å². The Bertz CT molecular complexity index is 1130. The summed E-state index contributed by atoms with van der Waals surface area (Å²) in [5, 5.41) is 17.5. The SMILES string of the molecule is CCC[C@@H](CCO)Nc1nc(N)nc2cnn(Cc3ccc(C4CCN(C5CCOCC5)CC4)nc3)c12. The van der Waals surface area contributed by atoms with Gasteiger partial charge in [-0.2, -0.15) is 10.1 Å². The monoisotopic (exact) mass is 508 g/mol. The van der Waals surface area contributed by atoms with Gasteiger partial charge in [-0.25, -0.2) is 4.98 Å². The molecule has 0 aromatic carbocycles. The number of aliphatic hydroxyl groups excluding tert-OH is 1. The highest BCUT2D eigenvalue weighted by atomic mass is 16.5. The van der Waals surface area contributed by atoms with Crippen molar-refractivity contribution in [1.82, 2.24) is 29.6 Å². The minimum Gasteiger partial charge on any atom is -0.396 e. The molecule has 0 spiro atoms. The molecule has 0 aliphatic carbocycles. The molecule has 0 bridgehead atoms. The van der Waals surface area contributed by atoms with Crippen LogP contribution in [-0.2, 0) is 11.3 Å². The Balaban J connectivity index is 1.26. The zero-order chi connectivity index (χ0) is 25.6. The van der Waals surface area contributed by atoms with Gasteiger partial charge in [0.05, 0.1) is 12.7 Å². The van der Waals surface area contributed by atoms with Crippen LogP contribution >= 0.6 is 0 Å². The maximum atomic E-state index is 9.48. The van der Waals surface area contributed by atoms with Crippen molar-refractivity contribution in [2.24, 2.45) is 0 Å². The van der Waals surface area contributed by atoms with Crippen LogP contribution in [0.4, 0.5) is 11.8 Å². The fourth-order valence-electron chi connectivity index (χ4n) is 5.78. The quantitative estimate of drug-likeness (QED) is 0.378. The van der Waals surface area contributed by atoms with E-state index in [-0.39, 0.29) is 18.6 Å². The molecule has 37 heavy (non-hydrogen) atoms. The van der Waals surface area contributed by atoms with Crippen LogP contribution in [0.15, 0.2) is 24.5 Å². The summed E-state index contributed by atoms with van der Waals surface area (Å²) in [6.45, 7) is 6.91. The van der Waals surface area contributed by atoms with Gasteiger partial charge in [0.2, 0.25) is 5.95 Å². The summed E-state index contributed by atoms with van der Waals surface area (Å²) < 4.78 is 7.44. The molecule has 4 N–H and O–H groups in total. The number of aromatic nitrogens is 5. The second-order valence-corrected chi connectivity index (χ2v) is 10.4. The summed E-state index contributed by atoms with van der Waals surface area (Å²) in [5.74, 6) is 1.39. The summed E-state index contributed by atoms with van der Waals surface area (Å²) in [5.41, 5.74) is 9.77. The van der Waals surface area contributed by atoms with Gasteiger partial charge in [0.15, 0.2) is 5.82 Å². The second-order valence-electron chi connectivity index (χ2n) is 10.4. The highest BCUT2D eigenvalue weighted by Crippen LogP contribution is 2.30. The first-order valence-corrected chi connectivity index (χ1v) is 13.8. The standard InChI is InChI=1S/C27H40N8O2/c1-2-3-21(8-13-36)31-26-25-24(32-27(28)33-26)17-30-35(25)18-19-4-5-23(29-16-19)20-6-11-34(12-7-20)22-9-14-37-15-10-22/h4-5,16-17,20-22,36H,2-3,6-15,18H2,1H3,(H3,28,31,32,33)/t21-/m0/s1. The Labute approximate surface area is 218 Å². The van der Waals surface area contributed by atoms with Gasteiger partial charge in [0.25, 0.3) is 0 Å². The molecular formula is C27H40N8O2. The summed E-state index contributed by atoms with van der Waals surface area (Å²) in [4.78, 5) is 16.4. The number of nitrogens with one attached hydrogen (secondary N) is 1. The number of fused-ring (bicyclic) bond motifs is 1. The van der Waals surface area contributed by atoms with Crippen molar-refractivity contribution in [3.8, 4) is 0 Å². The normalized spacial score (nSPS) is 18.9. The summed E-state index contributed by atoms with van der Waals surface area (Å²) in [6, 6.07) is 5.14. The van der Waals surface area contributed by atoms with Crippen LogP contribution < -0.4 is 11.1 Å². The van der Waals surface area contributed by atoms with Crippen molar-refractivity contribution in [2.75, 3.05) is 44.0 Å². The Morgan fingerprint density at radius 3 is 2.62 bits per heavy atom. The van der Waals surface area contributed by atoms with Gasteiger partial charge in [0, 0.05) is 49.7 Å². The van der Waals surface area contributed by atoms with Gasteiger partial charge in [-0.3, -0.25) is 9.67 Å². The number of ether oxygens (including phenoxy) is 1. The predicted octanol–water partition coefficient (Wildman–Crippen LogP) is 3.17. The first-order chi connectivity index (χ1) is 18.1. The van der Waals surface area contributed by atoms with Crippen molar-refractivity contribution in [3.05, 3.63) is 35.8 Å². The minimum atomic E-state index is 0.106. The van der Waals surface area contributed by atoms with E-state index in [1.54, 1.807) is 6.20 Å². The number of anilines is 2. The van der Waals surface area contributed by atoms with Crippen LogP contribution in [0.5, 0.6) is 0 Å². The van der Waals surface area contributed by atoms with Gasteiger partial charge in [0.1, 0.15) is 11.0 Å². The van der Waals surface area contributed by atoms with Gasteiger partial charge >= 0.3 is 0 Å². The molecule has 2 saturated heterocycles. The lowest BCUT2D eigenvalue weighted by Gasteiger charge is -2.39. The molecule has 2 aliphatic rings. The number of pyridine rings is 1. The van der Waals surface area contributed by atoms with E-state index in [2.05, 4.69) is 44.3 Å². The number of aliphatic hydroxyl groups is 1. The highest BCUT2D eigenvalue weighted by molar-refractivity contribution is 5.86. The zero-order valence-corrected chi connectivity index (χ0v) is 21.8. The molecule has 2 aliphatic heterocycles. The molecule has 0 amide bonds. The van der Waals surface area contributed by atoms with E-state index >= 15 is 0 Å². The number of nitrogens with zero attached hydrogens (tertiary/aromatic N) is 6. The smallest absolute Gasteiger partial charge is 0.222 e. The number of likely N-dealkylation sites (tertiary alicyclic amines) is 1. The fourth-order valence-corrected chi connectivity index (χ4v) is 5.78. The third-order valence-electron chi connectivity index (χ3n) is 7.80. The number of nitrogens with two attached hydrogens (primary N) is 1. The summed E-state index contributed by atoms with van der Waals surface area (Å²) >= 11 is 0. The maximum absolute atomic E-state index is 9.48. The minimum absolute atomic E-state index is 0.106. The predicted molar refractivity (Wildman–Crippen MR) is 144 cm³/mol. The van der Waals surface area contributed by atoms with Crippen molar-refractivity contribution in [2.45, 2.75) is 76.4 Å². The fraction of sp³-hybridized carbons (Fsp3) is 0.630. The third kappa shape index (κ3) is 6.19. The molecule has 3 aromatic rings. The average molecular weight is 509 g/mol. The Morgan fingerprint density at radius 2 is 1.92 bits per heavy atom. The molecule has 0 saturated carbocycles. The molecule has 3 aromatic heterocycles. The van der Waals surface area contributed by atoms with E-state index < -0.39 is 0 Å². The molecule has 5 rings (SSSR count). The lowest BCUT2D eigenvalue weighted by molar-refractivity contribution is 0.0250. The van der Waals surface area contributed by atoms with Crippen LogP contribution in [0.2, 0.25) is 0 Å². The van der Waals surface area contributed by atoms with Crippen LogP contribution in [-0.4, -0.2) is 79.7 Å². The molecule has 200 valence electrons. The van der Waals surface area contributed by atoms with Crippen LogP contribution in [0, 0.1) is 0 Å². The largest absolute Gasteiger partial charge is 0.396 e. The number of nitrogen functional groups attached to an aromatic ring is 1. The molecule has 0 radical (unpaired) electrons. The van der Waals surface area contributed by atoms with Crippen molar-refractivity contribution >= 4 is 22.8 Å². The number of rotatable bonds is 10. The first-order valence-electron chi connectivity index (χ1n) is 13.8. The van der Waals surface area contributed by atoms with E-state index in [0.717, 1.165) is 75.9 Å². The molecule has 10 heteroatoms. The summed E-state index contributed by atoms with van der Waals surface area (Å²) in [6.07, 6.45) is 10.9. The highest BCUT2D eigenvalue weighted by Gasteiger charge is 2.27. The maximum Gasteiger partial charge on any atom is 0.222 e. The molecule has 0 unspecified atom stereocenters. The Kier molecular flexibility index (Phi) is 8.48. The second kappa shape index (κ2) is 12.1. The average Bonchev–Trinajstić information content (AvgIpc) is 3.32. The number of hydrogen-bond donors (Lipinski definition) is 3. The molecule has 1 atom stereocenters. The zero-order valence-electron chi connectivity index (χ0n) is 21.8. The van der Waals surface area contributed by atoms with Gasteiger partial charge in [-0.1, -0.05) is 19.4 Å². The van der Waals surface area contributed by atoms with Crippen molar-refractivity contribution in [1.29, 1.82) is 0 Å². The molecule has 10 nitrogen and oxygen atoms in total. The topological polar surface area (TPSA) is 127 Å². The molecular weight excluding hydrogens is 468 g/mol. The van der Waals surface area contributed by atoms with Crippen LogP contribution in [0.3, 0.4) is 0 Å². The Morgan fingerprint density at radius 1 is 1.11 bits per heavy atom. The van der Waals surface area contributed by atoms with E-state index in [4.69, 9.17) is 15.5 Å². The summed E-state index contributed by atoms with van der Waals surface area (Å²) in [7, 11) is 0. The third-order valence-corrected chi connectivity index (χ3v) is 7.80. The van der Waals surface area contributed by atoms with Gasteiger partial charge in [-0.15, -0.1) is 0 Å². The van der Waals surface area contributed by atoms with E-state index in [9.17, 15) is 5.11 Å². The van der Waals surface area contributed by atoms with Gasteiger partial charge in [-0.05, 0) is 63.2 Å². The van der Waals surface area contributed by atoms with Crippen molar-refractivity contribution in [3.63, 3.8) is 0 Å². The first kappa shape index (κ1) is 25.8. The Hall–Kier alpha value is -2.82.